The van der Waals surface area contributed by atoms with Crippen LogP contribution in [0.2, 0.25) is 0 Å². The zero-order valence-electron chi connectivity index (χ0n) is 10.8. The van der Waals surface area contributed by atoms with Gasteiger partial charge in [-0.2, -0.15) is 0 Å². The Balaban J connectivity index is 1.80. The highest BCUT2D eigenvalue weighted by atomic mass is 79.9. The monoisotopic (exact) mass is 329 g/mol. The number of hydrogen-bond acceptors (Lipinski definition) is 2. The minimum atomic E-state index is 0.296. The van der Waals surface area contributed by atoms with Gasteiger partial charge >= 0.3 is 0 Å². The summed E-state index contributed by atoms with van der Waals surface area (Å²) in [7, 11) is 1.91. The minimum absolute atomic E-state index is 0.296. The molecule has 1 heterocycles. The molecule has 1 aromatic heterocycles. The second-order valence-electron chi connectivity index (χ2n) is 5.22. The molecular weight excluding hydrogens is 310 g/mol. The van der Waals surface area contributed by atoms with E-state index in [4.69, 9.17) is 0 Å². The average molecular weight is 330 g/mol. The number of hydrogen-bond donors (Lipinski definition) is 0. The van der Waals surface area contributed by atoms with E-state index in [1.165, 1.54) is 37.7 Å². The maximum absolute atomic E-state index is 12.1. The van der Waals surface area contributed by atoms with Crippen molar-refractivity contribution in [2.24, 2.45) is 5.92 Å². The van der Waals surface area contributed by atoms with Crippen LogP contribution >= 0.6 is 27.3 Å². The predicted octanol–water partition coefficient (Wildman–Crippen LogP) is 4.44. The second kappa shape index (κ2) is 6.71. The molecule has 2 nitrogen and oxygen atoms in total. The van der Waals surface area contributed by atoms with Crippen molar-refractivity contribution in [1.29, 1.82) is 0 Å². The van der Waals surface area contributed by atoms with E-state index in [2.05, 4.69) is 27.4 Å². The lowest BCUT2D eigenvalue weighted by Gasteiger charge is -2.24. The predicted molar refractivity (Wildman–Crippen MR) is 79.7 cm³/mol. The van der Waals surface area contributed by atoms with Crippen molar-refractivity contribution < 1.29 is 4.79 Å². The molecule has 0 unspecified atom stereocenters. The molecule has 100 valence electrons. The number of nitrogens with zero attached hydrogens (tertiary/aromatic N) is 1. The summed E-state index contributed by atoms with van der Waals surface area (Å²) in [5.74, 6) is 0.923. The number of amides is 1. The molecule has 0 radical (unpaired) electrons. The lowest BCUT2D eigenvalue weighted by molar-refractivity contribution is -0.131. The second-order valence-corrected chi connectivity index (χ2v) is 7.51. The fourth-order valence-electron chi connectivity index (χ4n) is 2.58. The van der Waals surface area contributed by atoms with Gasteiger partial charge in [0.25, 0.3) is 0 Å². The molecule has 0 aromatic carbocycles. The normalized spacial score (nSPS) is 16.8. The van der Waals surface area contributed by atoms with Crippen LogP contribution in [0.1, 0.15) is 44.1 Å². The Labute approximate surface area is 122 Å². The van der Waals surface area contributed by atoms with Crippen LogP contribution in [0.15, 0.2) is 15.2 Å². The fraction of sp³-hybridized carbons (Fsp3) is 0.643. The average Bonchev–Trinajstić information content (AvgIpc) is 2.76. The molecule has 0 bridgehead atoms. The summed E-state index contributed by atoms with van der Waals surface area (Å²) in [4.78, 5) is 14.0. The largest absolute Gasteiger partial charge is 0.341 e. The molecule has 0 N–H and O–H groups in total. The van der Waals surface area contributed by atoms with Crippen molar-refractivity contribution in [3.8, 4) is 0 Å². The zero-order valence-corrected chi connectivity index (χ0v) is 13.2. The molecule has 1 fully saturated rings. The van der Waals surface area contributed by atoms with Gasteiger partial charge in [-0.25, -0.2) is 0 Å². The maximum Gasteiger partial charge on any atom is 0.222 e. The van der Waals surface area contributed by atoms with Gasteiger partial charge in [0, 0.05) is 20.0 Å². The molecule has 0 saturated heterocycles. The first-order chi connectivity index (χ1) is 8.65. The van der Waals surface area contributed by atoms with E-state index in [-0.39, 0.29) is 0 Å². The Morgan fingerprint density at radius 3 is 2.78 bits per heavy atom. The summed E-state index contributed by atoms with van der Waals surface area (Å²) in [6, 6.07) is 2.09. The van der Waals surface area contributed by atoms with Crippen LogP contribution in [0.3, 0.4) is 0 Å². The Morgan fingerprint density at radius 1 is 1.44 bits per heavy atom. The molecule has 1 aromatic rings. The van der Waals surface area contributed by atoms with Crippen LogP contribution in [0.4, 0.5) is 0 Å². The summed E-state index contributed by atoms with van der Waals surface area (Å²) in [6.07, 6.45) is 7.18. The van der Waals surface area contributed by atoms with Crippen molar-refractivity contribution in [3.63, 3.8) is 0 Å². The molecule has 1 aliphatic rings. The van der Waals surface area contributed by atoms with Crippen LogP contribution in [0, 0.1) is 5.92 Å². The number of carbonyl (C=O) groups excluding carboxylic acids is 1. The van der Waals surface area contributed by atoms with E-state index < -0.39 is 0 Å². The maximum atomic E-state index is 12.1. The summed E-state index contributed by atoms with van der Waals surface area (Å²) < 4.78 is 1.13. The smallest absolute Gasteiger partial charge is 0.222 e. The third kappa shape index (κ3) is 4.09. The van der Waals surface area contributed by atoms with E-state index in [0.29, 0.717) is 11.8 Å². The Morgan fingerprint density at radius 2 is 2.17 bits per heavy atom. The molecule has 18 heavy (non-hydrogen) atoms. The van der Waals surface area contributed by atoms with E-state index in [9.17, 15) is 4.79 Å². The molecule has 1 saturated carbocycles. The van der Waals surface area contributed by atoms with Gasteiger partial charge in [0.05, 0.1) is 3.79 Å². The number of thiophene rings is 1. The highest BCUT2D eigenvalue weighted by Crippen LogP contribution is 2.27. The first-order valence-electron chi connectivity index (χ1n) is 6.62. The van der Waals surface area contributed by atoms with Gasteiger partial charge in [0.2, 0.25) is 5.91 Å². The van der Waals surface area contributed by atoms with E-state index in [1.807, 2.05) is 11.9 Å². The quantitative estimate of drug-likeness (QED) is 0.799. The van der Waals surface area contributed by atoms with Crippen molar-refractivity contribution in [1.82, 2.24) is 4.90 Å². The molecule has 4 heteroatoms. The highest BCUT2D eigenvalue weighted by Gasteiger charge is 2.19. The van der Waals surface area contributed by atoms with E-state index in [0.717, 1.165) is 16.8 Å². The van der Waals surface area contributed by atoms with Crippen molar-refractivity contribution in [2.45, 2.75) is 45.1 Å². The zero-order chi connectivity index (χ0) is 13.0. The van der Waals surface area contributed by atoms with Gasteiger partial charge in [0.15, 0.2) is 0 Å². The van der Waals surface area contributed by atoms with Gasteiger partial charge in [0.1, 0.15) is 0 Å². The molecule has 0 aliphatic heterocycles. The molecule has 1 aliphatic carbocycles. The van der Waals surface area contributed by atoms with E-state index in [1.54, 1.807) is 11.3 Å². The summed E-state index contributed by atoms with van der Waals surface area (Å²) in [5.41, 5.74) is 1.21. The number of carbonyl (C=O) groups is 1. The third-order valence-corrected chi connectivity index (χ3v) is 5.21. The molecule has 0 atom stereocenters. The highest BCUT2D eigenvalue weighted by molar-refractivity contribution is 9.11. The van der Waals surface area contributed by atoms with Gasteiger partial charge in [-0.15, -0.1) is 11.3 Å². The number of halogens is 1. The topological polar surface area (TPSA) is 20.3 Å². The van der Waals surface area contributed by atoms with Crippen molar-refractivity contribution in [2.75, 3.05) is 7.05 Å². The first-order valence-corrected chi connectivity index (χ1v) is 8.29. The molecular formula is C14H20BrNOS. The van der Waals surface area contributed by atoms with Crippen LogP contribution < -0.4 is 0 Å². The van der Waals surface area contributed by atoms with Crippen LogP contribution in [-0.4, -0.2) is 17.9 Å². The molecule has 1 amide bonds. The van der Waals surface area contributed by atoms with Gasteiger partial charge in [-0.1, -0.05) is 19.3 Å². The number of rotatable bonds is 4. The standard InChI is InChI=1S/C14H20BrNOS/c1-16(9-12-7-13(15)18-10-12)14(17)8-11-5-3-2-4-6-11/h7,10-11H,2-6,8-9H2,1H3. The van der Waals surface area contributed by atoms with Crippen LogP contribution in [0.25, 0.3) is 0 Å². The van der Waals surface area contributed by atoms with Crippen LogP contribution in [0.5, 0.6) is 0 Å². The van der Waals surface area contributed by atoms with Crippen molar-refractivity contribution in [3.05, 3.63) is 20.8 Å². The minimum Gasteiger partial charge on any atom is -0.341 e. The van der Waals surface area contributed by atoms with E-state index >= 15 is 0 Å². The van der Waals surface area contributed by atoms with Gasteiger partial charge < -0.3 is 4.90 Å². The Kier molecular flexibility index (Phi) is 5.25. The Hall–Kier alpha value is -0.350. The third-order valence-electron chi connectivity index (χ3n) is 3.66. The molecule has 0 spiro atoms. The summed E-state index contributed by atoms with van der Waals surface area (Å²) in [6.45, 7) is 0.730. The summed E-state index contributed by atoms with van der Waals surface area (Å²) >= 11 is 5.13. The first kappa shape index (κ1) is 14.1. The lowest BCUT2D eigenvalue weighted by atomic mass is 9.87. The Bertz CT molecular complexity index is 398. The fourth-order valence-corrected chi connectivity index (χ4v) is 3.79. The SMILES string of the molecule is CN(Cc1csc(Br)c1)C(=O)CC1CCCCC1. The lowest BCUT2D eigenvalue weighted by Crippen LogP contribution is -2.28. The van der Waals surface area contributed by atoms with Gasteiger partial charge in [-0.3, -0.25) is 4.79 Å². The van der Waals surface area contributed by atoms with Crippen molar-refractivity contribution >= 4 is 33.2 Å². The van der Waals surface area contributed by atoms with Gasteiger partial charge in [-0.05, 0) is 51.7 Å². The van der Waals surface area contributed by atoms with Crippen LogP contribution in [-0.2, 0) is 11.3 Å². The summed E-state index contributed by atoms with van der Waals surface area (Å²) in [5, 5.41) is 2.11. The molecule has 2 rings (SSSR count).